The van der Waals surface area contributed by atoms with E-state index in [0.29, 0.717) is 5.56 Å². The molecule has 0 amide bonds. The van der Waals surface area contributed by atoms with Gasteiger partial charge in [-0.05, 0) is 6.07 Å². The van der Waals surface area contributed by atoms with Crippen molar-refractivity contribution in [3.63, 3.8) is 0 Å². The summed E-state index contributed by atoms with van der Waals surface area (Å²) in [5, 5.41) is 6.96. The number of benzene rings is 1. The largest absolute Gasteiger partial charge is 0.386 e. The number of nitrogens with zero attached hydrogens (tertiary/aromatic N) is 2. The molecular weight excluding hydrogens is 212 g/mol. The number of hydrogen-bond acceptors (Lipinski definition) is 2. The van der Waals surface area contributed by atoms with Crippen LogP contribution in [-0.2, 0) is 6.54 Å². The van der Waals surface area contributed by atoms with Crippen LogP contribution in [0.4, 0.5) is 14.5 Å². The average molecular weight is 223 g/mol. The van der Waals surface area contributed by atoms with Gasteiger partial charge in [-0.25, -0.2) is 8.78 Å². The Balaban J connectivity index is 2.20. The average Bonchev–Trinajstić information content (AvgIpc) is 2.70. The monoisotopic (exact) mass is 223 g/mol. The van der Waals surface area contributed by atoms with Gasteiger partial charge in [0.2, 0.25) is 0 Å². The van der Waals surface area contributed by atoms with Gasteiger partial charge in [-0.1, -0.05) is 6.07 Å². The second-order valence-electron chi connectivity index (χ2n) is 3.41. The number of hydrogen-bond donors (Lipinski definition) is 1. The molecule has 0 aliphatic carbocycles. The van der Waals surface area contributed by atoms with Crippen molar-refractivity contribution in [1.82, 2.24) is 9.78 Å². The molecule has 16 heavy (non-hydrogen) atoms. The van der Waals surface area contributed by atoms with Gasteiger partial charge in [-0.2, -0.15) is 5.10 Å². The first kappa shape index (κ1) is 10.6. The maximum atomic E-state index is 13.3. The highest BCUT2D eigenvalue weighted by Gasteiger charge is 2.05. The molecule has 0 aliphatic heterocycles. The minimum atomic E-state index is -0.572. The third-order valence-electron chi connectivity index (χ3n) is 2.27. The van der Waals surface area contributed by atoms with Crippen LogP contribution in [0.5, 0.6) is 0 Å². The van der Waals surface area contributed by atoms with Crippen molar-refractivity contribution in [3.8, 4) is 0 Å². The Kier molecular flexibility index (Phi) is 2.85. The lowest BCUT2D eigenvalue weighted by Gasteiger charge is -2.03. The van der Waals surface area contributed by atoms with E-state index in [1.165, 1.54) is 12.1 Å². The second kappa shape index (κ2) is 4.30. The Hall–Kier alpha value is -1.91. The topological polar surface area (TPSA) is 29.9 Å². The molecule has 1 aromatic heterocycles. The van der Waals surface area contributed by atoms with E-state index in [4.69, 9.17) is 0 Å². The van der Waals surface area contributed by atoms with E-state index in [9.17, 15) is 8.78 Å². The Labute approximate surface area is 91.7 Å². The standard InChI is InChI=1S/C11H11F2N3/c1-14-10-5-15-16(7-10)6-8-2-3-9(12)4-11(8)13/h2-5,7,14H,6H2,1H3. The summed E-state index contributed by atoms with van der Waals surface area (Å²) in [7, 11) is 1.78. The van der Waals surface area contributed by atoms with Crippen molar-refractivity contribution in [2.45, 2.75) is 6.54 Å². The van der Waals surface area contributed by atoms with Gasteiger partial charge in [0.1, 0.15) is 11.6 Å². The van der Waals surface area contributed by atoms with Gasteiger partial charge in [0.25, 0.3) is 0 Å². The first-order valence-corrected chi connectivity index (χ1v) is 4.83. The minimum Gasteiger partial charge on any atom is -0.386 e. The number of halogens is 2. The Bertz CT molecular complexity index is 494. The van der Waals surface area contributed by atoms with E-state index >= 15 is 0 Å². The summed E-state index contributed by atoms with van der Waals surface area (Å²) in [6, 6.07) is 3.53. The first-order chi connectivity index (χ1) is 7.69. The fourth-order valence-corrected chi connectivity index (χ4v) is 1.40. The summed E-state index contributed by atoms with van der Waals surface area (Å²) in [6.07, 6.45) is 3.39. The fourth-order valence-electron chi connectivity index (χ4n) is 1.40. The number of nitrogens with one attached hydrogen (secondary N) is 1. The lowest BCUT2D eigenvalue weighted by atomic mass is 10.2. The molecule has 0 atom stereocenters. The summed E-state index contributed by atoms with van der Waals surface area (Å²) >= 11 is 0. The smallest absolute Gasteiger partial charge is 0.131 e. The highest BCUT2D eigenvalue weighted by Crippen LogP contribution is 2.12. The molecule has 5 heteroatoms. The molecule has 1 aromatic carbocycles. The van der Waals surface area contributed by atoms with Crippen LogP contribution in [-0.4, -0.2) is 16.8 Å². The van der Waals surface area contributed by atoms with Crippen molar-refractivity contribution in [1.29, 1.82) is 0 Å². The van der Waals surface area contributed by atoms with Crippen LogP contribution >= 0.6 is 0 Å². The van der Waals surface area contributed by atoms with Crippen molar-refractivity contribution in [3.05, 3.63) is 47.8 Å². The van der Waals surface area contributed by atoms with Crippen molar-refractivity contribution in [2.75, 3.05) is 12.4 Å². The third-order valence-corrected chi connectivity index (χ3v) is 2.27. The highest BCUT2D eigenvalue weighted by atomic mass is 19.1. The van der Waals surface area contributed by atoms with E-state index in [2.05, 4.69) is 10.4 Å². The number of aromatic nitrogens is 2. The summed E-state index contributed by atoms with van der Waals surface area (Å²) < 4.78 is 27.6. The van der Waals surface area contributed by atoms with Crippen LogP contribution in [0.15, 0.2) is 30.6 Å². The van der Waals surface area contributed by atoms with Crippen LogP contribution in [0, 0.1) is 11.6 Å². The molecule has 0 spiro atoms. The predicted octanol–water partition coefficient (Wildman–Crippen LogP) is 2.25. The summed E-state index contributed by atoms with van der Waals surface area (Å²) in [6.45, 7) is 0.286. The van der Waals surface area contributed by atoms with E-state index in [0.717, 1.165) is 11.8 Å². The third kappa shape index (κ3) is 2.18. The zero-order chi connectivity index (χ0) is 11.5. The minimum absolute atomic E-state index is 0.286. The van der Waals surface area contributed by atoms with E-state index in [-0.39, 0.29) is 6.54 Å². The molecular formula is C11H11F2N3. The van der Waals surface area contributed by atoms with Gasteiger partial charge in [-0.3, -0.25) is 4.68 Å². The highest BCUT2D eigenvalue weighted by molar-refractivity contribution is 5.37. The van der Waals surface area contributed by atoms with Crippen LogP contribution in [0.2, 0.25) is 0 Å². The normalized spacial score (nSPS) is 10.4. The van der Waals surface area contributed by atoms with Crippen LogP contribution in [0.1, 0.15) is 5.56 Å². The second-order valence-corrected chi connectivity index (χ2v) is 3.41. The number of rotatable bonds is 3. The van der Waals surface area contributed by atoms with E-state index in [1.807, 2.05) is 0 Å². The Morgan fingerprint density at radius 3 is 2.81 bits per heavy atom. The molecule has 84 valence electrons. The molecule has 3 nitrogen and oxygen atoms in total. The summed E-state index contributed by atoms with van der Waals surface area (Å²) in [5.74, 6) is -1.13. The maximum absolute atomic E-state index is 13.3. The molecule has 1 N–H and O–H groups in total. The first-order valence-electron chi connectivity index (χ1n) is 4.83. The van der Waals surface area contributed by atoms with Gasteiger partial charge in [0, 0.05) is 24.9 Å². The van der Waals surface area contributed by atoms with Crippen LogP contribution in [0.3, 0.4) is 0 Å². The maximum Gasteiger partial charge on any atom is 0.131 e. The molecule has 0 unspecified atom stereocenters. The van der Waals surface area contributed by atoms with Crippen molar-refractivity contribution >= 4 is 5.69 Å². The molecule has 0 saturated heterocycles. The lowest BCUT2D eigenvalue weighted by Crippen LogP contribution is -2.02. The zero-order valence-corrected chi connectivity index (χ0v) is 8.74. The molecule has 0 radical (unpaired) electrons. The Morgan fingerprint density at radius 1 is 1.38 bits per heavy atom. The Morgan fingerprint density at radius 2 is 2.19 bits per heavy atom. The zero-order valence-electron chi connectivity index (χ0n) is 8.74. The molecule has 0 fully saturated rings. The lowest BCUT2D eigenvalue weighted by molar-refractivity contribution is 0.558. The molecule has 2 aromatic rings. The SMILES string of the molecule is CNc1cnn(Cc2ccc(F)cc2F)c1. The summed E-state index contributed by atoms with van der Waals surface area (Å²) in [5.41, 5.74) is 1.26. The predicted molar refractivity (Wildman–Crippen MR) is 57.2 cm³/mol. The fraction of sp³-hybridized carbons (Fsp3) is 0.182. The number of anilines is 1. The van der Waals surface area contributed by atoms with Gasteiger partial charge in [-0.15, -0.1) is 0 Å². The van der Waals surface area contributed by atoms with E-state index in [1.54, 1.807) is 24.1 Å². The van der Waals surface area contributed by atoms with Gasteiger partial charge < -0.3 is 5.32 Å². The van der Waals surface area contributed by atoms with Gasteiger partial charge in [0.15, 0.2) is 0 Å². The van der Waals surface area contributed by atoms with Crippen LogP contribution < -0.4 is 5.32 Å². The van der Waals surface area contributed by atoms with E-state index < -0.39 is 11.6 Å². The van der Waals surface area contributed by atoms with Crippen molar-refractivity contribution < 1.29 is 8.78 Å². The van der Waals surface area contributed by atoms with Gasteiger partial charge >= 0.3 is 0 Å². The quantitative estimate of drug-likeness (QED) is 0.864. The van der Waals surface area contributed by atoms with Gasteiger partial charge in [0.05, 0.1) is 18.4 Å². The molecule has 0 saturated carbocycles. The molecule has 1 heterocycles. The van der Waals surface area contributed by atoms with Crippen molar-refractivity contribution in [2.24, 2.45) is 0 Å². The van der Waals surface area contributed by atoms with Crippen LogP contribution in [0.25, 0.3) is 0 Å². The summed E-state index contributed by atoms with van der Waals surface area (Å²) in [4.78, 5) is 0. The molecule has 2 rings (SSSR count). The molecule has 0 aliphatic rings. The molecule has 0 bridgehead atoms.